The van der Waals surface area contributed by atoms with E-state index in [0.29, 0.717) is 28.3 Å². The lowest BCUT2D eigenvalue weighted by Crippen LogP contribution is -2.30. The molecule has 1 amide bonds. The van der Waals surface area contributed by atoms with Crippen LogP contribution in [0.1, 0.15) is 54.9 Å². The van der Waals surface area contributed by atoms with E-state index in [0.717, 1.165) is 38.0 Å². The molecule has 0 unspecified atom stereocenters. The molecule has 9 heteroatoms. The summed E-state index contributed by atoms with van der Waals surface area (Å²) in [5.74, 6) is 0.0246. The standard InChI is InChI=1S/C27H28N6O3/c1-18(2)19-6-10-22(11-7-19)32-29-23-12-9-21(17-24(23)30-32)28-27(34)20-8-13-25(26(16-20)33(35)36)31-14-4-3-5-15-31/h6-13,16-18H,3-5,14-15H2,1-2H3,(H,28,34). The summed E-state index contributed by atoms with van der Waals surface area (Å²) in [5, 5.41) is 23.7. The van der Waals surface area contributed by atoms with E-state index in [1.807, 2.05) is 17.0 Å². The number of anilines is 2. The van der Waals surface area contributed by atoms with Crippen LogP contribution < -0.4 is 10.2 Å². The minimum atomic E-state index is -0.418. The summed E-state index contributed by atoms with van der Waals surface area (Å²) in [7, 11) is 0. The Labute approximate surface area is 208 Å². The summed E-state index contributed by atoms with van der Waals surface area (Å²) in [4.78, 5) is 27.9. The molecular formula is C27H28N6O3. The monoisotopic (exact) mass is 484 g/mol. The van der Waals surface area contributed by atoms with Crippen LogP contribution in [0.5, 0.6) is 0 Å². The molecule has 1 saturated heterocycles. The predicted molar refractivity (Wildman–Crippen MR) is 140 cm³/mol. The van der Waals surface area contributed by atoms with Crippen molar-refractivity contribution in [3.8, 4) is 5.69 Å². The number of nitro groups is 1. The van der Waals surface area contributed by atoms with Crippen molar-refractivity contribution in [1.82, 2.24) is 15.0 Å². The van der Waals surface area contributed by atoms with Crippen LogP contribution in [0, 0.1) is 10.1 Å². The minimum absolute atomic E-state index is 0.0496. The lowest BCUT2D eigenvalue weighted by Gasteiger charge is -2.28. The van der Waals surface area contributed by atoms with Crippen molar-refractivity contribution in [1.29, 1.82) is 0 Å². The van der Waals surface area contributed by atoms with Gasteiger partial charge in [-0.05, 0) is 73.2 Å². The fraction of sp³-hybridized carbons (Fsp3) is 0.296. The van der Waals surface area contributed by atoms with Crippen LogP contribution in [0.15, 0.2) is 60.7 Å². The molecule has 2 heterocycles. The van der Waals surface area contributed by atoms with Gasteiger partial charge >= 0.3 is 0 Å². The fourth-order valence-electron chi connectivity index (χ4n) is 4.52. The number of carbonyl (C=O) groups is 1. The zero-order valence-corrected chi connectivity index (χ0v) is 20.3. The molecule has 1 N–H and O–H groups in total. The van der Waals surface area contributed by atoms with Gasteiger partial charge in [0.25, 0.3) is 11.6 Å². The summed E-state index contributed by atoms with van der Waals surface area (Å²) in [6, 6.07) is 18.1. The Kier molecular flexibility index (Phi) is 6.37. The number of benzene rings is 3. The molecule has 5 rings (SSSR count). The van der Waals surface area contributed by atoms with E-state index in [9.17, 15) is 14.9 Å². The zero-order chi connectivity index (χ0) is 25.2. The van der Waals surface area contributed by atoms with E-state index in [1.54, 1.807) is 35.1 Å². The van der Waals surface area contributed by atoms with Gasteiger partial charge in [-0.1, -0.05) is 26.0 Å². The number of aromatic nitrogens is 3. The van der Waals surface area contributed by atoms with E-state index in [2.05, 4.69) is 41.5 Å². The van der Waals surface area contributed by atoms with Gasteiger partial charge in [0.2, 0.25) is 0 Å². The SMILES string of the molecule is CC(C)c1ccc(-n2nc3ccc(NC(=O)c4ccc(N5CCCCC5)c([N+](=O)[O-])c4)cc3n2)cc1. The number of rotatable bonds is 6. The Morgan fingerprint density at radius 1 is 0.944 bits per heavy atom. The van der Waals surface area contributed by atoms with Crippen LogP contribution in [0.25, 0.3) is 16.7 Å². The van der Waals surface area contributed by atoms with Crippen molar-refractivity contribution < 1.29 is 9.72 Å². The van der Waals surface area contributed by atoms with Gasteiger partial charge in [0.05, 0.1) is 10.6 Å². The quantitative estimate of drug-likeness (QED) is 0.278. The molecule has 0 aliphatic carbocycles. The van der Waals surface area contributed by atoms with Gasteiger partial charge in [0, 0.05) is 30.4 Å². The average Bonchev–Trinajstić information content (AvgIpc) is 3.32. The highest BCUT2D eigenvalue weighted by Crippen LogP contribution is 2.31. The van der Waals surface area contributed by atoms with Gasteiger partial charge in [0.1, 0.15) is 16.7 Å². The molecule has 1 aromatic heterocycles. The third kappa shape index (κ3) is 4.77. The van der Waals surface area contributed by atoms with Gasteiger partial charge in [-0.25, -0.2) is 0 Å². The molecule has 0 spiro atoms. The van der Waals surface area contributed by atoms with Crippen LogP contribution in [0.3, 0.4) is 0 Å². The Bertz CT molecular complexity index is 1420. The first-order chi connectivity index (χ1) is 17.4. The number of carbonyl (C=O) groups excluding carboxylic acids is 1. The van der Waals surface area contributed by atoms with E-state index in [4.69, 9.17) is 0 Å². The number of piperidine rings is 1. The molecule has 0 radical (unpaired) electrons. The van der Waals surface area contributed by atoms with E-state index >= 15 is 0 Å². The van der Waals surface area contributed by atoms with E-state index < -0.39 is 10.8 Å². The lowest BCUT2D eigenvalue weighted by atomic mass is 10.0. The lowest BCUT2D eigenvalue weighted by molar-refractivity contribution is -0.384. The molecule has 36 heavy (non-hydrogen) atoms. The number of hydrogen-bond donors (Lipinski definition) is 1. The summed E-state index contributed by atoms with van der Waals surface area (Å²) < 4.78 is 0. The Morgan fingerprint density at radius 3 is 2.36 bits per heavy atom. The summed E-state index contributed by atoms with van der Waals surface area (Å²) in [6.07, 6.45) is 3.15. The molecule has 0 atom stereocenters. The molecular weight excluding hydrogens is 456 g/mol. The second-order valence-electron chi connectivity index (χ2n) is 9.40. The number of fused-ring (bicyclic) bond motifs is 1. The first kappa shape index (κ1) is 23.5. The number of nitrogens with one attached hydrogen (secondary N) is 1. The molecule has 1 aliphatic rings. The largest absolute Gasteiger partial charge is 0.366 e. The Balaban J connectivity index is 1.36. The summed E-state index contributed by atoms with van der Waals surface area (Å²) in [5.41, 5.74) is 4.71. The highest BCUT2D eigenvalue weighted by molar-refractivity contribution is 6.05. The highest BCUT2D eigenvalue weighted by atomic mass is 16.6. The van der Waals surface area contributed by atoms with Gasteiger partial charge in [-0.15, -0.1) is 10.2 Å². The third-order valence-electron chi connectivity index (χ3n) is 6.56. The number of nitrogens with zero attached hydrogens (tertiary/aromatic N) is 5. The van der Waals surface area contributed by atoms with Crippen molar-refractivity contribution in [2.75, 3.05) is 23.3 Å². The topological polar surface area (TPSA) is 106 Å². The van der Waals surface area contributed by atoms with Gasteiger partial charge in [0.15, 0.2) is 0 Å². The van der Waals surface area contributed by atoms with Crippen LogP contribution in [0.4, 0.5) is 17.1 Å². The number of amides is 1. The van der Waals surface area contributed by atoms with E-state index in [1.165, 1.54) is 11.6 Å². The minimum Gasteiger partial charge on any atom is -0.366 e. The summed E-state index contributed by atoms with van der Waals surface area (Å²) in [6.45, 7) is 5.86. The van der Waals surface area contributed by atoms with Crippen LogP contribution in [-0.4, -0.2) is 38.9 Å². The Morgan fingerprint density at radius 2 is 1.67 bits per heavy atom. The first-order valence-corrected chi connectivity index (χ1v) is 12.2. The maximum absolute atomic E-state index is 12.9. The van der Waals surface area contributed by atoms with Gasteiger partial charge < -0.3 is 10.2 Å². The number of hydrogen-bond acceptors (Lipinski definition) is 6. The van der Waals surface area contributed by atoms with Crippen LogP contribution in [0.2, 0.25) is 0 Å². The number of nitro benzene ring substituents is 1. The molecule has 0 saturated carbocycles. The van der Waals surface area contributed by atoms with Crippen molar-refractivity contribution in [2.45, 2.75) is 39.0 Å². The zero-order valence-electron chi connectivity index (χ0n) is 20.3. The fourth-order valence-corrected chi connectivity index (χ4v) is 4.52. The second-order valence-corrected chi connectivity index (χ2v) is 9.40. The molecule has 4 aromatic rings. The second kappa shape index (κ2) is 9.77. The first-order valence-electron chi connectivity index (χ1n) is 12.2. The smallest absolute Gasteiger partial charge is 0.293 e. The van der Waals surface area contributed by atoms with Gasteiger partial charge in [-0.2, -0.15) is 4.80 Å². The molecule has 9 nitrogen and oxygen atoms in total. The van der Waals surface area contributed by atoms with Crippen LogP contribution >= 0.6 is 0 Å². The third-order valence-corrected chi connectivity index (χ3v) is 6.56. The predicted octanol–water partition coefficient (Wildman–Crippen LogP) is 5.69. The average molecular weight is 485 g/mol. The Hall–Kier alpha value is -4.27. The van der Waals surface area contributed by atoms with Crippen molar-refractivity contribution in [2.24, 2.45) is 0 Å². The highest BCUT2D eigenvalue weighted by Gasteiger charge is 2.23. The maximum Gasteiger partial charge on any atom is 0.293 e. The molecule has 3 aromatic carbocycles. The molecule has 0 bridgehead atoms. The van der Waals surface area contributed by atoms with E-state index in [-0.39, 0.29) is 11.3 Å². The van der Waals surface area contributed by atoms with Crippen molar-refractivity contribution >= 4 is 34.0 Å². The van der Waals surface area contributed by atoms with Crippen molar-refractivity contribution in [3.05, 3.63) is 81.9 Å². The molecule has 184 valence electrons. The molecule has 1 aliphatic heterocycles. The maximum atomic E-state index is 12.9. The van der Waals surface area contributed by atoms with Gasteiger partial charge in [-0.3, -0.25) is 14.9 Å². The summed E-state index contributed by atoms with van der Waals surface area (Å²) >= 11 is 0. The van der Waals surface area contributed by atoms with Crippen molar-refractivity contribution in [3.63, 3.8) is 0 Å². The normalized spacial score (nSPS) is 13.8. The molecule has 1 fully saturated rings. The van der Waals surface area contributed by atoms with Crippen LogP contribution in [-0.2, 0) is 0 Å².